The van der Waals surface area contributed by atoms with Gasteiger partial charge in [0.05, 0.1) is 21.0 Å². The predicted molar refractivity (Wildman–Crippen MR) is 98.6 cm³/mol. The fourth-order valence-corrected chi connectivity index (χ4v) is 3.70. The molecule has 0 aliphatic heterocycles. The van der Waals surface area contributed by atoms with Gasteiger partial charge in [0.1, 0.15) is 0 Å². The zero-order valence-corrected chi connectivity index (χ0v) is 15.9. The second kappa shape index (κ2) is 7.87. The number of sulfone groups is 1. The number of benzene rings is 2. The molecule has 0 aromatic heterocycles. The maximum atomic E-state index is 11.7. The third-order valence-corrected chi connectivity index (χ3v) is 5.83. The van der Waals surface area contributed by atoms with Crippen LogP contribution in [0, 0.1) is 0 Å². The van der Waals surface area contributed by atoms with Crippen molar-refractivity contribution < 1.29 is 13.5 Å². The lowest BCUT2D eigenvalue weighted by Gasteiger charge is -2.24. The molecule has 0 aliphatic carbocycles. The Hall–Kier alpha value is -1.07. The van der Waals surface area contributed by atoms with Crippen molar-refractivity contribution in [3.8, 4) is 0 Å². The van der Waals surface area contributed by atoms with Gasteiger partial charge in [0.2, 0.25) is 0 Å². The summed E-state index contributed by atoms with van der Waals surface area (Å²) in [5, 5.41) is 11.7. The summed E-state index contributed by atoms with van der Waals surface area (Å²) >= 11 is 12.1. The lowest BCUT2D eigenvalue weighted by Crippen LogP contribution is -2.12. The monoisotopic (exact) mass is 386 g/mol. The quantitative estimate of drug-likeness (QED) is 0.758. The molecule has 2 aromatic rings. The molecule has 6 heteroatoms. The number of halogens is 2. The van der Waals surface area contributed by atoms with Crippen LogP contribution in [-0.2, 0) is 9.84 Å². The Morgan fingerprint density at radius 1 is 1.04 bits per heavy atom. The van der Waals surface area contributed by atoms with Gasteiger partial charge in [-0.2, -0.15) is 0 Å². The van der Waals surface area contributed by atoms with E-state index in [-0.39, 0.29) is 10.8 Å². The summed E-state index contributed by atoms with van der Waals surface area (Å²) in [6, 6.07) is 11.7. The second-order valence-corrected chi connectivity index (χ2v) is 8.69. The van der Waals surface area contributed by atoms with E-state index in [1.807, 2.05) is 13.0 Å². The van der Waals surface area contributed by atoms with Gasteiger partial charge in [-0.05, 0) is 41.8 Å². The highest BCUT2D eigenvalue weighted by atomic mass is 35.5. The fourth-order valence-electron chi connectivity index (χ4n) is 2.72. The summed E-state index contributed by atoms with van der Waals surface area (Å²) < 4.78 is 23.5. The summed E-state index contributed by atoms with van der Waals surface area (Å²) in [5.74, 6) is -0.195. The average molecular weight is 387 g/mol. The summed E-state index contributed by atoms with van der Waals surface area (Å²) in [6.45, 7) is 2.03. The molecule has 0 amide bonds. The average Bonchev–Trinajstić information content (AvgIpc) is 2.54. The van der Waals surface area contributed by atoms with Crippen LogP contribution in [0.25, 0.3) is 0 Å². The van der Waals surface area contributed by atoms with Crippen molar-refractivity contribution in [3.05, 3.63) is 63.6 Å². The van der Waals surface area contributed by atoms with Gasteiger partial charge in [-0.3, -0.25) is 0 Å². The minimum Gasteiger partial charge on any atom is -0.388 e. The van der Waals surface area contributed by atoms with E-state index in [4.69, 9.17) is 23.2 Å². The first-order chi connectivity index (χ1) is 11.2. The van der Waals surface area contributed by atoms with Gasteiger partial charge >= 0.3 is 0 Å². The van der Waals surface area contributed by atoms with E-state index in [1.165, 1.54) is 12.1 Å². The molecule has 0 aliphatic rings. The molecule has 2 atom stereocenters. The molecule has 0 unspecified atom stereocenters. The van der Waals surface area contributed by atoms with Crippen LogP contribution < -0.4 is 0 Å². The lowest BCUT2D eigenvalue weighted by atomic mass is 9.86. The minimum atomic E-state index is -3.32. The number of hydrogen-bond acceptors (Lipinski definition) is 3. The van der Waals surface area contributed by atoms with Gasteiger partial charge in [0.25, 0.3) is 0 Å². The Balaban J connectivity index is 2.42. The highest BCUT2D eigenvalue weighted by Crippen LogP contribution is 2.37. The minimum absolute atomic E-state index is 0.195. The van der Waals surface area contributed by atoms with Crippen molar-refractivity contribution in [3.63, 3.8) is 0 Å². The van der Waals surface area contributed by atoms with Crippen molar-refractivity contribution in [1.82, 2.24) is 0 Å². The summed E-state index contributed by atoms with van der Waals surface area (Å²) in [5.41, 5.74) is 1.45. The van der Waals surface area contributed by atoms with Crippen molar-refractivity contribution in [2.45, 2.75) is 36.7 Å². The third-order valence-electron chi connectivity index (χ3n) is 3.98. The van der Waals surface area contributed by atoms with E-state index < -0.39 is 15.9 Å². The Bertz CT molecular complexity index is 819. The van der Waals surface area contributed by atoms with Crippen molar-refractivity contribution in [2.75, 3.05) is 6.26 Å². The number of hydrogen-bond donors (Lipinski definition) is 1. The molecule has 2 rings (SSSR count). The van der Waals surface area contributed by atoms with Gasteiger partial charge in [-0.25, -0.2) is 8.42 Å². The van der Waals surface area contributed by atoms with Gasteiger partial charge in [-0.15, -0.1) is 0 Å². The molecule has 0 spiro atoms. The van der Waals surface area contributed by atoms with Gasteiger partial charge in [0, 0.05) is 12.2 Å². The zero-order valence-electron chi connectivity index (χ0n) is 13.5. The first-order valence-electron chi connectivity index (χ1n) is 7.67. The molecule has 0 radical (unpaired) electrons. The molecule has 0 saturated carbocycles. The first kappa shape index (κ1) is 19.3. The maximum absolute atomic E-state index is 11.7. The molecular formula is C18H20Cl2O3S. The molecule has 130 valence electrons. The largest absolute Gasteiger partial charge is 0.388 e. The highest BCUT2D eigenvalue weighted by Gasteiger charge is 2.23. The highest BCUT2D eigenvalue weighted by molar-refractivity contribution is 7.90. The van der Waals surface area contributed by atoms with Crippen LogP contribution in [0.5, 0.6) is 0 Å². The molecule has 2 aromatic carbocycles. The summed E-state index contributed by atoms with van der Waals surface area (Å²) in [6.07, 6.45) is 1.93. The van der Waals surface area contributed by atoms with E-state index in [1.54, 1.807) is 24.3 Å². The summed E-state index contributed by atoms with van der Waals surface area (Å²) in [4.78, 5) is 0.198. The fraction of sp³-hybridized carbons (Fsp3) is 0.333. The van der Waals surface area contributed by atoms with E-state index in [9.17, 15) is 13.5 Å². The molecule has 1 N–H and O–H groups in total. The van der Waals surface area contributed by atoms with Crippen molar-refractivity contribution in [1.29, 1.82) is 0 Å². The number of aliphatic hydroxyl groups excluding tert-OH is 1. The van der Waals surface area contributed by atoms with E-state index >= 15 is 0 Å². The Kier molecular flexibility index (Phi) is 6.32. The van der Waals surface area contributed by atoms with Crippen LogP contribution >= 0.6 is 23.2 Å². The van der Waals surface area contributed by atoms with Gasteiger partial charge in [-0.1, -0.05) is 54.7 Å². The van der Waals surface area contributed by atoms with Crippen LogP contribution in [0.3, 0.4) is 0 Å². The number of rotatable bonds is 6. The molecule has 0 fully saturated rings. The van der Waals surface area contributed by atoms with E-state index in [0.29, 0.717) is 15.6 Å². The van der Waals surface area contributed by atoms with Crippen LogP contribution in [-0.4, -0.2) is 19.8 Å². The molecule has 0 heterocycles. The van der Waals surface area contributed by atoms with E-state index in [0.717, 1.165) is 24.7 Å². The predicted octanol–water partition coefficient (Wildman–Crippen LogP) is 5.01. The lowest BCUT2D eigenvalue weighted by molar-refractivity contribution is 0.139. The molecule has 3 nitrogen and oxygen atoms in total. The molecule has 24 heavy (non-hydrogen) atoms. The molecule has 0 saturated heterocycles. The van der Waals surface area contributed by atoms with Crippen molar-refractivity contribution in [2.24, 2.45) is 0 Å². The van der Waals surface area contributed by atoms with Gasteiger partial charge < -0.3 is 5.11 Å². The zero-order chi connectivity index (χ0) is 17.9. The SMILES string of the molecule is CCC[C@H](c1ccc(Cl)c(Cl)c1)[C@H](O)c1cccc(S(C)(=O)=O)c1. The first-order valence-corrected chi connectivity index (χ1v) is 10.3. The normalized spacial score (nSPS) is 14.4. The maximum Gasteiger partial charge on any atom is 0.175 e. The topological polar surface area (TPSA) is 54.4 Å². The standard InChI is InChI=1S/C18H20Cl2O3S/c1-3-5-15(12-8-9-16(19)17(20)11-12)18(21)13-6-4-7-14(10-13)24(2,22)23/h4,6-11,15,18,21H,3,5H2,1-2H3/t15-,18-/m1/s1. The van der Waals surface area contributed by atoms with Crippen LogP contribution in [0.15, 0.2) is 47.4 Å². The Morgan fingerprint density at radius 2 is 1.75 bits per heavy atom. The summed E-state index contributed by atoms with van der Waals surface area (Å²) in [7, 11) is -3.32. The molecule has 0 bridgehead atoms. The van der Waals surface area contributed by atoms with Crippen molar-refractivity contribution >= 4 is 33.0 Å². The Morgan fingerprint density at radius 3 is 2.33 bits per heavy atom. The Labute approximate surface area is 153 Å². The van der Waals surface area contributed by atoms with E-state index in [2.05, 4.69) is 0 Å². The van der Waals surface area contributed by atoms with Crippen LogP contribution in [0.2, 0.25) is 10.0 Å². The third kappa shape index (κ3) is 4.51. The van der Waals surface area contributed by atoms with Crippen LogP contribution in [0.1, 0.15) is 42.9 Å². The smallest absolute Gasteiger partial charge is 0.175 e. The molecular weight excluding hydrogens is 367 g/mol. The number of aliphatic hydroxyl groups is 1. The van der Waals surface area contributed by atoms with Crippen LogP contribution in [0.4, 0.5) is 0 Å². The van der Waals surface area contributed by atoms with Gasteiger partial charge in [0.15, 0.2) is 9.84 Å². The second-order valence-electron chi connectivity index (χ2n) is 5.86.